The number of ketones is 1. The summed E-state index contributed by atoms with van der Waals surface area (Å²) in [4.78, 5) is 11.8. The van der Waals surface area contributed by atoms with Crippen LogP contribution >= 0.6 is 0 Å². The van der Waals surface area contributed by atoms with Crippen molar-refractivity contribution in [3.05, 3.63) is 0 Å². The Bertz CT molecular complexity index is 453. The van der Waals surface area contributed by atoms with Crippen molar-refractivity contribution in [1.82, 2.24) is 0 Å². The van der Waals surface area contributed by atoms with Gasteiger partial charge in [0.1, 0.15) is 5.78 Å². The molecule has 4 saturated carbocycles. The van der Waals surface area contributed by atoms with Crippen LogP contribution in [0.1, 0.15) is 78.6 Å². The molecule has 4 aliphatic carbocycles. The summed E-state index contributed by atoms with van der Waals surface area (Å²) < 4.78 is 0. The van der Waals surface area contributed by atoms with E-state index in [1.807, 2.05) is 0 Å². The van der Waals surface area contributed by atoms with E-state index < -0.39 is 0 Å². The van der Waals surface area contributed by atoms with Crippen LogP contribution in [-0.4, -0.2) is 5.78 Å². The zero-order valence-electron chi connectivity index (χ0n) is 14.8. The van der Waals surface area contributed by atoms with E-state index in [0.717, 1.165) is 54.3 Å². The van der Waals surface area contributed by atoms with Gasteiger partial charge in [0.15, 0.2) is 0 Å². The number of fused-ring (bicyclic) bond motifs is 5. The molecule has 0 aromatic heterocycles. The minimum absolute atomic E-state index is 0.557. The predicted octanol–water partition coefficient (Wildman–Crippen LogP) is 5.48. The van der Waals surface area contributed by atoms with E-state index in [4.69, 9.17) is 0 Å². The third kappa shape index (κ3) is 2.13. The lowest BCUT2D eigenvalue weighted by Gasteiger charge is -2.56. The zero-order valence-corrected chi connectivity index (χ0v) is 14.8. The second-order valence-electron chi connectivity index (χ2n) is 9.69. The SMILES string of the molecule is CC(C)[C@H]1CC[C@H]2[C@@H]3CC[C@H]4CC(=O)CC[C@@H]4[C@H]3CC[C@]12C. The minimum atomic E-state index is 0.557. The summed E-state index contributed by atoms with van der Waals surface area (Å²) in [5, 5.41) is 0. The zero-order chi connectivity index (χ0) is 15.5. The number of carbonyl (C=O) groups excluding carboxylic acids is 1. The fourth-order valence-corrected chi connectivity index (χ4v) is 7.79. The molecule has 0 bridgehead atoms. The van der Waals surface area contributed by atoms with Gasteiger partial charge in [0.2, 0.25) is 0 Å². The second-order valence-corrected chi connectivity index (χ2v) is 9.69. The Morgan fingerprint density at radius 2 is 1.77 bits per heavy atom. The first-order valence-corrected chi connectivity index (χ1v) is 10.0. The Labute approximate surface area is 136 Å². The minimum Gasteiger partial charge on any atom is -0.300 e. The van der Waals surface area contributed by atoms with Gasteiger partial charge in [0, 0.05) is 12.8 Å². The molecule has 4 fully saturated rings. The molecule has 1 heteroatoms. The Morgan fingerprint density at radius 1 is 0.955 bits per heavy atom. The average Bonchev–Trinajstić information content (AvgIpc) is 2.84. The first-order valence-electron chi connectivity index (χ1n) is 10.0. The standard InChI is InChI=1S/C21H34O/c1-13(2)19-8-9-20-18-6-4-14-12-15(22)5-7-16(14)17(18)10-11-21(19,20)3/h13-14,16-20H,4-12H2,1-3H3/t14-,16-,17+,18+,19+,20-,21+/m0/s1. The number of carbonyl (C=O) groups is 1. The van der Waals surface area contributed by atoms with Crippen molar-refractivity contribution < 1.29 is 4.79 Å². The molecule has 0 aromatic carbocycles. The lowest BCUT2D eigenvalue weighted by atomic mass is 9.49. The number of hydrogen-bond acceptors (Lipinski definition) is 1. The van der Waals surface area contributed by atoms with E-state index in [9.17, 15) is 4.79 Å². The molecular weight excluding hydrogens is 268 g/mol. The van der Waals surface area contributed by atoms with Gasteiger partial charge in [-0.15, -0.1) is 0 Å². The van der Waals surface area contributed by atoms with Crippen LogP contribution in [0.3, 0.4) is 0 Å². The van der Waals surface area contributed by atoms with Crippen LogP contribution in [-0.2, 0) is 4.79 Å². The van der Waals surface area contributed by atoms with Gasteiger partial charge in [-0.1, -0.05) is 20.8 Å². The maximum atomic E-state index is 11.8. The Hall–Kier alpha value is -0.330. The molecule has 0 saturated heterocycles. The van der Waals surface area contributed by atoms with Crippen molar-refractivity contribution in [1.29, 1.82) is 0 Å². The van der Waals surface area contributed by atoms with Crippen molar-refractivity contribution in [3.63, 3.8) is 0 Å². The van der Waals surface area contributed by atoms with Crippen molar-refractivity contribution in [2.24, 2.45) is 46.8 Å². The summed E-state index contributed by atoms with van der Waals surface area (Å²) in [5.74, 6) is 7.00. The summed E-state index contributed by atoms with van der Waals surface area (Å²) in [6, 6.07) is 0. The fraction of sp³-hybridized carbons (Fsp3) is 0.952. The van der Waals surface area contributed by atoms with E-state index in [1.165, 1.54) is 44.9 Å². The van der Waals surface area contributed by atoms with E-state index in [-0.39, 0.29) is 0 Å². The van der Waals surface area contributed by atoms with Crippen LogP contribution < -0.4 is 0 Å². The normalized spacial score (nSPS) is 51.4. The molecule has 124 valence electrons. The summed E-state index contributed by atoms with van der Waals surface area (Å²) in [7, 11) is 0. The third-order valence-electron chi connectivity index (χ3n) is 8.64. The Morgan fingerprint density at radius 3 is 2.55 bits per heavy atom. The van der Waals surface area contributed by atoms with Crippen LogP contribution in [0.5, 0.6) is 0 Å². The van der Waals surface area contributed by atoms with Crippen LogP contribution in [0.4, 0.5) is 0 Å². The van der Waals surface area contributed by atoms with E-state index >= 15 is 0 Å². The molecule has 0 unspecified atom stereocenters. The fourth-order valence-electron chi connectivity index (χ4n) is 7.79. The van der Waals surface area contributed by atoms with Gasteiger partial charge >= 0.3 is 0 Å². The molecule has 1 nitrogen and oxygen atoms in total. The van der Waals surface area contributed by atoms with Crippen LogP contribution in [0.25, 0.3) is 0 Å². The second kappa shape index (κ2) is 5.35. The van der Waals surface area contributed by atoms with Gasteiger partial charge in [-0.3, -0.25) is 4.79 Å². The average molecular weight is 303 g/mol. The van der Waals surface area contributed by atoms with Gasteiger partial charge in [-0.2, -0.15) is 0 Å². The van der Waals surface area contributed by atoms with Crippen molar-refractivity contribution in [2.75, 3.05) is 0 Å². The third-order valence-corrected chi connectivity index (χ3v) is 8.64. The highest BCUT2D eigenvalue weighted by atomic mass is 16.1. The van der Waals surface area contributed by atoms with Crippen molar-refractivity contribution in [3.8, 4) is 0 Å². The highest BCUT2D eigenvalue weighted by Gasteiger charge is 2.57. The van der Waals surface area contributed by atoms with Gasteiger partial charge in [0.05, 0.1) is 0 Å². The molecule has 0 spiro atoms. The van der Waals surface area contributed by atoms with Crippen molar-refractivity contribution in [2.45, 2.75) is 78.6 Å². The molecule has 7 atom stereocenters. The maximum absolute atomic E-state index is 11.8. The number of Topliss-reactive ketones (excluding diaryl/α,β-unsaturated/α-hetero) is 1. The van der Waals surface area contributed by atoms with Crippen LogP contribution in [0.15, 0.2) is 0 Å². The molecule has 0 aromatic rings. The predicted molar refractivity (Wildman–Crippen MR) is 90.4 cm³/mol. The number of hydrogen-bond donors (Lipinski definition) is 0. The monoisotopic (exact) mass is 302 g/mol. The molecule has 0 radical (unpaired) electrons. The highest BCUT2D eigenvalue weighted by Crippen LogP contribution is 2.65. The van der Waals surface area contributed by atoms with Gasteiger partial charge in [-0.05, 0) is 91.8 Å². The van der Waals surface area contributed by atoms with E-state index in [2.05, 4.69) is 20.8 Å². The van der Waals surface area contributed by atoms with Gasteiger partial charge in [-0.25, -0.2) is 0 Å². The summed E-state index contributed by atoms with van der Waals surface area (Å²) in [5.41, 5.74) is 0.632. The molecule has 0 heterocycles. The summed E-state index contributed by atoms with van der Waals surface area (Å²) in [6.07, 6.45) is 11.7. The Balaban J connectivity index is 1.56. The molecule has 0 N–H and O–H groups in total. The molecule has 0 amide bonds. The molecule has 0 aliphatic heterocycles. The van der Waals surface area contributed by atoms with Crippen LogP contribution in [0, 0.1) is 46.8 Å². The topological polar surface area (TPSA) is 17.1 Å². The molecule has 4 aliphatic rings. The van der Waals surface area contributed by atoms with Crippen LogP contribution in [0.2, 0.25) is 0 Å². The number of rotatable bonds is 1. The quantitative estimate of drug-likeness (QED) is 0.627. The Kier molecular flexibility index (Phi) is 3.70. The lowest BCUT2D eigenvalue weighted by molar-refractivity contribution is -0.127. The lowest BCUT2D eigenvalue weighted by Crippen LogP contribution is -2.49. The maximum Gasteiger partial charge on any atom is 0.133 e. The molecule has 4 rings (SSSR count). The molecule has 22 heavy (non-hydrogen) atoms. The van der Waals surface area contributed by atoms with Crippen molar-refractivity contribution >= 4 is 5.78 Å². The summed E-state index contributed by atoms with van der Waals surface area (Å²) >= 11 is 0. The van der Waals surface area contributed by atoms with Gasteiger partial charge in [0.25, 0.3) is 0 Å². The smallest absolute Gasteiger partial charge is 0.133 e. The largest absolute Gasteiger partial charge is 0.300 e. The van der Waals surface area contributed by atoms with Gasteiger partial charge < -0.3 is 0 Å². The first-order chi connectivity index (χ1) is 10.5. The summed E-state index contributed by atoms with van der Waals surface area (Å²) in [6.45, 7) is 7.55. The van der Waals surface area contributed by atoms with E-state index in [1.54, 1.807) is 0 Å². The van der Waals surface area contributed by atoms with E-state index in [0.29, 0.717) is 11.2 Å². The molecular formula is C21H34O. The highest BCUT2D eigenvalue weighted by molar-refractivity contribution is 5.79. The first kappa shape index (κ1) is 15.2.